The maximum Gasteiger partial charge on any atom is 0.0709 e. The molecule has 7 rings (SSSR count). The van der Waals surface area contributed by atoms with Crippen LogP contribution in [0.4, 0.5) is 0 Å². The molecule has 1 nitrogen and oxygen atoms in total. The van der Waals surface area contributed by atoms with E-state index in [1.54, 1.807) is 0 Å². The molecule has 178 valence electrons. The van der Waals surface area contributed by atoms with E-state index in [4.69, 9.17) is 4.98 Å². The summed E-state index contributed by atoms with van der Waals surface area (Å²) < 4.78 is 0. The Labute approximate surface area is 222 Å². The molecule has 7 aromatic rings. The number of hydrogen-bond acceptors (Lipinski definition) is 1. The van der Waals surface area contributed by atoms with E-state index < -0.39 is 0 Å². The van der Waals surface area contributed by atoms with E-state index >= 15 is 0 Å². The summed E-state index contributed by atoms with van der Waals surface area (Å²) in [7, 11) is 0. The molecule has 0 saturated heterocycles. The van der Waals surface area contributed by atoms with E-state index in [2.05, 4.69) is 146 Å². The number of benzene rings is 6. The van der Waals surface area contributed by atoms with Gasteiger partial charge >= 0.3 is 0 Å². The first-order valence-electron chi connectivity index (χ1n) is 13.0. The Morgan fingerprint density at radius 3 is 1.32 bits per heavy atom. The van der Waals surface area contributed by atoms with Crippen molar-refractivity contribution < 1.29 is 0 Å². The van der Waals surface area contributed by atoms with Crippen molar-refractivity contribution in [2.45, 2.75) is 0 Å². The molecule has 0 amide bonds. The first kappa shape index (κ1) is 22.2. The maximum absolute atomic E-state index is 5.07. The Kier molecular flexibility index (Phi) is 5.53. The molecule has 0 saturated carbocycles. The largest absolute Gasteiger partial charge is 0.248 e. The first-order valence-corrected chi connectivity index (χ1v) is 13.0. The zero-order chi connectivity index (χ0) is 25.3. The second-order valence-corrected chi connectivity index (χ2v) is 9.56. The predicted molar refractivity (Wildman–Crippen MR) is 161 cm³/mol. The zero-order valence-electron chi connectivity index (χ0n) is 20.9. The molecule has 1 heteroatoms. The van der Waals surface area contributed by atoms with Crippen molar-refractivity contribution in [3.63, 3.8) is 0 Å². The summed E-state index contributed by atoms with van der Waals surface area (Å²) in [6.45, 7) is 0. The molecule has 1 aromatic heterocycles. The van der Waals surface area contributed by atoms with E-state index in [9.17, 15) is 0 Å². The smallest absolute Gasteiger partial charge is 0.0709 e. The first-order chi connectivity index (χ1) is 18.9. The fourth-order valence-corrected chi connectivity index (χ4v) is 5.53. The second kappa shape index (κ2) is 9.46. The van der Waals surface area contributed by atoms with E-state index in [0.717, 1.165) is 22.5 Å². The van der Waals surface area contributed by atoms with Gasteiger partial charge in [-0.25, -0.2) is 4.98 Å². The summed E-state index contributed by atoms with van der Waals surface area (Å²) >= 11 is 0. The highest BCUT2D eigenvalue weighted by Crippen LogP contribution is 2.44. The molecule has 1 heterocycles. The Bertz CT molecular complexity index is 1890. The third-order valence-electron chi connectivity index (χ3n) is 7.26. The van der Waals surface area contributed by atoms with Crippen molar-refractivity contribution >= 4 is 21.5 Å². The number of nitrogens with zero attached hydrogens (tertiary/aromatic N) is 1. The number of pyridine rings is 1. The minimum absolute atomic E-state index is 0.974. The van der Waals surface area contributed by atoms with Gasteiger partial charge in [-0.05, 0) is 62.0 Å². The lowest BCUT2D eigenvalue weighted by molar-refractivity contribution is 1.33. The fraction of sp³-hybridized carbons (Fsp3) is 0. The van der Waals surface area contributed by atoms with E-state index in [1.165, 1.54) is 43.8 Å². The molecule has 0 aliphatic rings. The van der Waals surface area contributed by atoms with Crippen LogP contribution in [0.1, 0.15) is 0 Å². The number of fused-ring (bicyclic) bond motifs is 2. The minimum atomic E-state index is 0.974. The SMILES string of the molecule is c1ccc(-c2cccc(-c3ccc4c(-c5ccccc5)c5ccccc5c(-c5ccccc5)c4c3)n2)cc1. The molecular weight excluding hydrogens is 458 g/mol. The molecule has 0 atom stereocenters. The standard InChI is InChI=1S/C37H25N/c1-4-13-26(14-5-1)34-21-12-22-35(38-34)29-23-24-32-33(25-29)37(28-17-8-3-9-18-28)31-20-11-10-19-30(31)36(32)27-15-6-2-7-16-27/h1-25H. The topological polar surface area (TPSA) is 12.9 Å². The van der Waals surface area contributed by atoms with Gasteiger partial charge in [-0.15, -0.1) is 0 Å². The van der Waals surface area contributed by atoms with Crippen molar-refractivity contribution in [1.29, 1.82) is 0 Å². The van der Waals surface area contributed by atoms with Gasteiger partial charge in [0.05, 0.1) is 11.4 Å². The third kappa shape index (κ3) is 3.86. The average molecular weight is 484 g/mol. The van der Waals surface area contributed by atoms with Crippen molar-refractivity contribution in [1.82, 2.24) is 4.98 Å². The number of aromatic nitrogens is 1. The van der Waals surface area contributed by atoms with Gasteiger partial charge in [-0.3, -0.25) is 0 Å². The Hall–Kier alpha value is -5.01. The van der Waals surface area contributed by atoms with Crippen LogP contribution < -0.4 is 0 Å². The Balaban J connectivity index is 1.55. The van der Waals surface area contributed by atoms with Crippen LogP contribution in [0.25, 0.3) is 66.3 Å². The molecule has 38 heavy (non-hydrogen) atoms. The number of rotatable bonds is 4. The molecule has 0 bridgehead atoms. The summed E-state index contributed by atoms with van der Waals surface area (Å²) in [5.41, 5.74) is 9.17. The monoisotopic (exact) mass is 483 g/mol. The lowest BCUT2D eigenvalue weighted by Crippen LogP contribution is -1.92. The average Bonchev–Trinajstić information content (AvgIpc) is 3.01. The quantitative estimate of drug-likeness (QED) is 0.227. The van der Waals surface area contributed by atoms with Gasteiger partial charge in [0.25, 0.3) is 0 Å². The van der Waals surface area contributed by atoms with Crippen LogP contribution in [0.5, 0.6) is 0 Å². The molecule has 0 fully saturated rings. The van der Waals surface area contributed by atoms with Gasteiger partial charge in [0.1, 0.15) is 0 Å². The van der Waals surface area contributed by atoms with Crippen LogP contribution in [0.3, 0.4) is 0 Å². The summed E-state index contributed by atoms with van der Waals surface area (Å²) in [5.74, 6) is 0. The van der Waals surface area contributed by atoms with Crippen molar-refractivity contribution in [2.24, 2.45) is 0 Å². The summed E-state index contributed by atoms with van der Waals surface area (Å²) in [6, 6.07) is 53.8. The lowest BCUT2D eigenvalue weighted by Gasteiger charge is -2.18. The molecule has 0 radical (unpaired) electrons. The van der Waals surface area contributed by atoms with E-state index in [1.807, 2.05) is 6.07 Å². The van der Waals surface area contributed by atoms with Crippen LogP contribution in [0, 0.1) is 0 Å². The molecular formula is C37H25N. The van der Waals surface area contributed by atoms with E-state index in [0.29, 0.717) is 0 Å². The predicted octanol–water partition coefficient (Wildman–Crippen LogP) is 10.1. The number of hydrogen-bond donors (Lipinski definition) is 0. The Morgan fingerprint density at radius 1 is 0.289 bits per heavy atom. The van der Waals surface area contributed by atoms with Gasteiger partial charge in [-0.2, -0.15) is 0 Å². The zero-order valence-corrected chi connectivity index (χ0v) is 20.9. The van der Waals surface area contributed by atoms with Gasteiger partial charge in [0, 0.05) is 11.1 Å². The fourth-order valence-electron chi connectivity index (χ4n) is 5.53. The van der Waals surface area contributed by atoms with Gasteiger partial charge in [-0.1, -0.05) is 133 Å². The highest BCUT2D eigenvalue weighted by Gasteiger charge is 2.17. The third-order valence-corrected chi connectivity index (χ3v) is 7.26. The van der Waals surface area contributed by atoms with E-state index in [-0.39, 0.29) is 0 Å². The van der Waals surface area contributed by atoms with Crippen molar-refractivity contribution in [3.05, 3.63) is 152 Å². The molecule has 0 spiro atoms. The molecule has 0 aliphatic carbocycles. The lowest BCUT2D eigenvalue weighted by atomic mass is 9.85. The second-order valence-electron chi connectivity index (χ2n) is 9.56. The van der Waals surface area contributed by atoms with Crippen molar-refractivity contribution in [3.8, 4) is 44.8 Å². The van der Waals surface area contributed by atoms with Gasteiger partial charge < -0.3 is 0 Å². The maximum atomic E-state index is 5.07. The molecule has 0 aliphatic heterocycles. The van der Waals surface area contributed by atoms with Crippen LogP contribution in [-0.4, -0.2) is 4.98 Å². The van der Waals surface area contributed by atoms with Crippen LogP contribution >= 0.6 is 0 Å². The molecule has 0 unspecified atom stereocenters. The van der Waals surface area contributed by atoms with Gasteiger partial charge in [0.15, 0.2) is 0 Å². The Morgan fingerprint density at radius 2 is 0.737 bits per heavy atom. The molecule has 6 aromatic carbocycles. The summed E-state index contributed by atoms with van der Waals surface area (Å²) in [6.07, 6.45) is 0. The highest BCUT2D eigenvalue weighted by molar-refractivity contribution is 6.21. The highest BCUT2D eigenvalue weighted by atomic mass is 14.7. The summed E-state index contributed by atoms with van der Waals surface area (Å²) in [5, 5.41) is 5.00. The normalized spacial score (nSPS) is 11.2. The van der Waals surface area contributed by atoms with Crippen LogP contribution in [-0.2, 0) is 0 Å². The summed E-state index contributed by atoms with van der Waals surface area (Å²) in [4.78, 5) is 5.07. The molecule has 0 N–H and O–H groups in total. The minimum Gasteiger partial charge on any atom is -0.248 e. The van der Waals surface area contributed by atoms with Crippen LogP contribution in [0.15, 0.2) is 152 Å². The van der Waals surface area contributed by atoms with Gasteiger partial charge in [0.2, 0.25) is 0 Å². The van der Waals surface area contributed by atoms with Crippen LogP contribution in [0.2, 0.25) is 0 Å². The van der Waals surface area contributed by atoms with Crippen molar-refractivity contribution in [2.75, 3.05) is 0 Å².